The molecule has 1 atom stereocenters. The zero-order valence-electron chi connectivity index (χ0n) is 10.2. The minimum Gasteiger partial charge on any atom is -0.395 e. The van der Waals surface area contributed by atoms with Gasteiger partial charge < -0.3 is 5.73 Å². The van der Waals surface area contributed by atoms with Crippen LogP contribution in [0.1, 0.15) is 45.7 Å². The van der Waals surface area contributed by atoms with E-state index in [4.69, 9.17) is 5.73 Å². The van der Waals surface area contributed by atoms with Crippen molar-refractivity contribution in [3.05, 3.63) is 5.69 Å². The van der Waals surface area contributed by atoms with Crippen LogP contribution >= 0.6 is 11.8 Å². The van der Waals surface area contributed by atoms with Crippen molar-refractivity contribution in [2.75, 3.05) is 5.73 Å². The second kappa shape index (κ2) is 4.92. The molecule has 0 aliphatic heterocycles. The summed E-state index contributed by atoms with van der Waals surface area (Å²) < 4.78 is 1.90. The molecule has 1 aromatic rings. The lowest BCUT2D eigenvalue weighted by Crippen LogP contribution is -1.99. The van der Waals surface area contributed by atoms with Crippen LogP contribution in [0.25, 0.3) is 0 Å². The van der Waals surface area contributed by atoms with Crippen molar-refractivity contribution in [3.8, 4) is 0 Å². The van der Waals surface area contributed by atoms with Crippen LogP contribution in [0.3, 0.4) is 0 Å². The molecule has 0 amide bonds. The van der Waals surface area contributed by atoms with Crippen LogP contribution in [-0.4, -0.2) is 15.0 Å². The van der Waals surface area contributed by atoms with Crippen molar-refractivity contribution in [2.45, 2.75) is 50.3 Å². The molecule has 0 saturated carbocycles. The number of aromatic nitrogens is 2. The van der Waals surface area contributed by atoms with Crippen molar-refractivity contribution in [2.24, 2.45) is 7.05 Å². The van der Waals surface area contributed by atoms with Crippen molar-refractivity contribution >= 4 is 17.4 Å². The number of nitrogens with two attached hydrogens (primary N) is 1. The molecule has 2 N–H and O–H groups in total. The van der Waals surface area contributed by atoms with Crippen LogP contribution in [0.15, 0.2) is 5.03 Å². The molecule has 0 aliphatic rings. The van der Waals surface area contributed by atoms with Crippen molar-refractivity contribution in [3.63, 3.8) is 0 Å². The molecule has 1 heterocycles. The summed E-state index contributed by atoms with van der Waals surface area (Å²) in [6.45, 7) is 8.65. The highest BCUT2D eigenvalue weighted by molar-refractivity contribution is 8.00. The number of rotatable bonds is 4. The molecule has 0 spiro atoms. The Bertz CT molecular complexity index is 331. The van der Waals surface area contributed by atoms with Crippen molar-refractivity contribution in [1.29, 1.82) is 0 Å². The quantitative estimate of drug-likeness (QED) is 0.804. The third-order valence-electron chi connectivity index (χ3n) is 2.49. The molecule has 15 heavy (non-hydrogen) atoms. The predicted molar refractivity (Wildman–Crippen MR) is 67.3 cm³/mol. The molecule has 0 aliphatic carbocycles. The maximum atomic E-state index is 6.10. The molecular weight excluding hydrogens is 206 g/mol. The average molecular weight is 227 g/mol. The fraction of sp³-hybridized carbons (Fsp3) is 0.727. The lowest BCUT2D eigenvalue weighted by molar-refractivity contribution is 0.669. The van der Waals surface area contributed by atoms with Gasteiger partial charge in [0.05, 0.1) is 11.4 Å². The Kier molecular flexibility index (Phi) is 4.08. The van der Waals surface area contributed by atoms with E-state index in [0.717, 1.165) is 22.8 Å². The first-order valence-electron chi connectivity index (χ1n) is 5.46. The molecular formula is C11H21N3S. The van der Waals surface area contributed by atoms with Gasteiger partial charge in [-0.3, -0.25) is 4.68 Å². The van der Waals surface area contributed by atoms with Gasteiger partial charge in [-0.1, -0.05) is 27.7 Å². The summed E-state index contributed by atoms with van der Waals surface area (Å²) in [5, 5.41) is 6.16. The highest BCUT2D eigenvalue weighted by atomic mass is 32.2. The fourth-order valence-corrected chi connectivity index (χ4v) is 2.36. The van der Waals surface area contributed by atoms with Crippen molar-refractivity contribution in [1.82, 2.24) is 9.78 Å². The van der Waals surface area contributed by atoms with Gasteiger partial charge in [-0.05, 0) is 12.3 Å². The van der Waals surface area contributed by atoms with Crippen LogP contribution in [-0.2, 0) is 7.05 Å². The first-order chi connectivity index (χ1) is 6.97. The van der Waals surface area contributed by atoms with E-state index in [1.165, 1.54) is 0 Å². The van der Waals surface area contributed by atoms with E-state index in [1.54, 1.807) is 0 Å². The van der Waals surface area contributed by atoms with Crippen LogP contribution < -0.4 is 5.73 Å². The number of thioether (sulfide) groups is 1. The van der Waals surface area contributed by atoms with Gasteiger partial charge in [0, 0.05) is 12.3 Å². The smallest absolute Gasteiger partial charge is 0.117 e. The van der Waals surface area contributed by atoms with E-state index < -0.39 is 0 Å². The number of anilines is 1. The van der Waals surface area contributed by atoms with Gasteiger partial charge in [0.25, 0.3) is 0 Å². The summed E-state index contributed by atoms with van der Waals surface area (Å²) in [7, 11) is 1.97. The first kappa shape index (κ1) is 12.4. The molecule has 0 fully saturated rings. The third kappa shape index (κ3) is 2.68. The lowest BCUT2D eigenvalue weighted by Gasteiger charge is -2.08. The van der Waals surface area contributed by atoms with Crippen LogP contribution in [0, 0.1) is 0 Å². The predicted octanol–water partition coefficient (Wildman–Crippen LogP) is 3.02. The zero-order valence-corrected chi connectivity index (χ0v) is 11.1. The van der Waals surface area contributed by atoms with E-state index in [0.29, 0.717) is 11.2 Å². The highest BCUT2D eigenvalue weighted by Gasteiger charge is 2.17. The first-order valence-corrected chi connectivity index (χ1v) is 6.34. The van der Waals surface area contributed by atoms with Crippen molar-refractivity contribution < 1.29 is 0 Å². The second-order valence-electron chi connectivity index (χ2n) is 4.22. The summed E-state index contributed by atoms with van der Waals surface area (Å²) in [4.78, 5) is 0. The Balaban J connectivity index is 2.97. The van der Waals surface area contributed by atoms with Crippen LogP contribution in [0.5, 0.6) is 0 Å². The lowest BCUT2D eigenvalue weighted by atomic mass is 10.1. The van der Waals surface area contributed by atoms with Gasteiger partial charge in [-0.15, -0.1) is 11.8 Å². The summed E-state index contributed by atoms with van der Waals surface area (Å²) in [6, 6.07) is 0. The topological polar surface area (TPSA) is 43.8 Å². The Morgan fingerprint density at radius 1 is 1.40 bits per heavy atom. The normalized spacial score (nSPS) is 13.5. The molecule has 4 heteroatoms. The number of hydrogen-bond donors (Lipinski definition) is 1. The minimum absolute atomic E-state index is 0.391. The fourth-order valence-electron chi connectivity index (χ4n) is 1.38. The molecule has 1 unspecified atom stereocenters. The largest absolute Gasteiger partial charge is 0.395 e. The van der Waals surface area contributed by atoms with Gasteiger partial charge in [0.1, 0.15) is 5.03 Å². The summed E-state index contributed by atoms with van der Waals surface area (Å²) in [6.07, 6.45) is 1.15. The van der Waals surface area contributed by atoms with E-state index >= 15 is 0 Å². The Morgan fingerprint density at radius 3 is 2.40 bits per heavy atom. The third-order valence-corrected chi connectivity index (χ3v) is 3.94. The molecule has 0 radical (unpaired) electrons. The highest BCUT2D eigenvalue weighted by Crippen LogP contribution is 2.34. The van der Waals surface area contributed by atoms with Gasteiger partial charge in [-0.2, -0.15) is 5.10 Å². The van der Waals surface area contributed by atoms with E-state index in [-0.39, 0.29) is 0 Å². The minimum atomic E-state index is 0.391. The van der Waals surface area contributed by atoms with Crippen LogP contribution in [0.2, 0.25) is 0 Å². The van der Waals surface area contributed by atoms with Gasteiger partial charge in [0.15, 0.2) is 0 Å². The van der Waals surface area contributed by atoms with Gasteiger partial charge in [0.2, 0.25) is 0 Å². The van der Waals surface area contributed by atoms with E-state index in [2.05, 4.69) is 32.8 Å². The molecule has 0 saturated heterocycles. The molecule has 1 rings (SSSR count). The molecule has 0 aromatic carbocycles. The molecule has 1 aromatic heterocycles. The zero-order chi connectivity index (χ0) is 11.6. The summed E-state index contributed by atoms with van der Waals surface area (Å²) in [5.41, 5.74) is 7.98. The second-order valence-corrected chi connectivity index (χ2v) is 5.65. The monoisotopic (exact) mass is 227 g/mol. The Hall–Kier alpha value is -0.640. The molecule has 3 nitrogen and oxygen atoms in total. The molecule has 86 valence electrons. The average Bonchev–Trinajstić information content (AvgIpc) is 2.45. The standard InChI is InChI=1S/C11H21N3S/c1-6-8(4)15-11-9(12)10(7(2)3)13-14(11)5/h7-8H,6,12H2,1-5H3. The van der Waals surface area contributed by atoms with Gasteiger partial charge in [-0.25, -0.2) is 0 Å². The van der Waals surface area contributed by atoms with E-state index in [1.807, 2.05) is 23.5 Å². The number of nitrogens with zero attached hydrogens (tertiary/aromatic N) is 2. The summed E-state index contributed by atoms with van der Waals surface area (Å²) in [5.74, 6) is 0.391. The Morgan fingerprint density at radius 2 is 2.00 bits per heavy atom. The van der Waals surface area contributed by atoms with E-state index in [9.17, 15) is 0 Å². The summed E-state index contributed by atoms with van der Waals surface area (Å²) >= 11 is 1.81. The SMILES string of the molecule is CCC(C)Sc1c(N)c(C(C)C)nn1C. The van der Waals surface area contributed by atoms with Gasteiger partial charge >= 0.3 is 0 Å². The van der Waals surface area contributed by atoms with Crippen LogP contribution in [0.4, 0.5) is 5.69 Å². The number of hydrogen-bond acceptors (Lipinski definition) is 3. The number of nitrogen functional groups attached to an aromatic ring is 1. The Labute approximate surface area is 96.4 Å². The molecule has 0 bridgehead atoms. The number of aryl methyl sites for hydroxylation is 1. The maximum Gasteiger partial charge on any atom is 0.117 e. The maximum absolute atomic E-state index is 6.10.